The van der Waals surface area contributed by atoms with Crippen molar-refractivity contribution in [3.8, 4) is 5.75 Å². The van der Waals surface area contributed by atoms with Gasteiger partial charge in [0.15, 0.2) is 5.78 Å². The molecule has 0 bridgehead atoms. The number of halogens is 2. The highest BCUT2D eigenvalue weighted by molar-refractivity contribution is 6.35. The molecule has 0 saturated heterocycles. The minimum Gasteiger partial charge on any atom is -0.496 e. The normalized spacial score (nSPS) is 10.8. The first kappa shape index (κ1) is 14.0. The Balaban J connectivity index is 2.18. The van der Waals surface area contributed by atoms with Crippen molar-refractivity contribution in [1.29, 1.82) is 0 Å². The van der Waals surface area contributed by atoms with Crippen molar-refractivity contribution in [2.75, 3.05) is 7.11 Å². The molecule has 0 saturated carbocycles. The van der Waals surface area contributed by atoms with Gasteiger partial charge in [0.1, 0.15) is 5.75 Å². The number of ether oxygens (including phenoxy) is 1. The first-order valence-corrected chi connectivity index (χ1v) is 7.00. The number of hydrogen-bond acceptors (Lipinski definition) is 2. The fraction of sp³-hybridized carbons (Fsp3) is 0.0625. The summed E-state index contributed by atoms with van der Waals surface area (Å²) in [4.78, 5) is 15.8. The second-order valence-electron chi connectivity index (χ2n) is 4.57. The highest BCUT2D eigenvalue weighted by Gasteiger charge is 2.18. The van der Waals surface area contributed by atoms with Crippen molar-refractivity contribution in [2.24, 2.45) is 0 Å². The molecule has 0 unspecified atom stereocenters. The Morgan fingerprint density at radius 1 is 1.14 bits per heavy atom. The van der Waals surface area contributed by atoms with E-state index < -0.39 is 0 Å². The number of H-pyrrole nitrogens is 1. The van der Waals surface area contributed by atoms with E-state index in [1.165, 1.54) is 0 Å². The molecule has 0 amide bonds. The van der Waals surface area contributed by atoms with Crippen molar-refractivity contribution in [3.05, 3.63) is 63.8 Å². The molecule has 1 N–H and O–H groups in total. The molecule has 1 heterocycles. The van der Waals surface area contributed by atoms with E-state index in [0.29, 0.717) is 26.9 Å². The Labute approximate surface area is 131 Å². The van der Waals surface area contributed by atoms with Crippen molar-refractivity contribution in [3.63, 3.8) is 0 Å². The van der Waals surface area contributed by atoms with Gasteiger partial charge in [-0.3, -0.25) is 4.79 Å². The van der Waals surface area contributed by atoms with Gasteiger partial charge in [-0.05, 0) is 30.3 Å². The molecule has 0 fully saturated rings. The summed E-state index contributed by atoms with van der Waals surface area (Å²) in [6.07, 6.45) is 1.67. The van der Waals surface area contributed by atoms with Crippen molar-refractivity contribution >= 4 is 39.9 Å². The number of carbonyl (C=O) groups excluding carboxylic acids is 1. The zero-order chi connectivity index (χ0) is 15.0. The molecule has 5 heteroatoms. The number of ketones is 1. The van der Waals surface area contributed by atoms with Gasteiger partial charge in [0.05, 0.1) is 18.1 Å². The number of hydrogen-bond donors (Lipinski definition) is 1. The van der Waals surface area contributed by atoms with Gasteiger partial charge in [-0.1, -0.05) is 29.3 Å². The van der Waals surface area contributed by atoms with E-state index in [1.807, 2.05) is 18.2 Å². The van der Waals surface area contributed by atoms with Gasteiger partial charge in [0.2, 0.25) is 0 Å². The predicted octanol–water partition coefficient (Wildman–Crippen LogP) is 4.71. The second kappa shape index (κ2) is 5.43. The lowest BCUT2D eigenvalue weighted by molar-refractivity contribution is 0.104. The molecule has 21 heavy (non-hydrogen) atoms. The van der Waals surface area contributed by atoms with E-state index in [4.69, 9.17) is 27.9 Å². The molecular weight excluding hydrogens is 309 g/mol. The van der Waals surface area contributed by atoms with Crippen LogP contribution in [0.3, 0.4) is 0 Å². The molecule has 106 valence electrons. The number of nitrogens with one attached hydrogen (secondary N) is 1. The Bertz CT molecular complexity index is 819. The smallest absolute Gasteiger partial charge is 0.195 e. The third kappa shape index (κ3) is 2.50. The first-order chi connectivity index (χ1) is 10.1. The fourth-order valence-corrected chi connectivity index (χ4v) is 2.87. The predicted molar refractivity (Wildman–Crippen MR) is 84.7 cm³/mol. The molecular formula is C16H11Cl2NO2. The van der Waals surface area contributed by atoms with Gasteiger partial charge >= 0.3 is 0 Å². The van der Waals surface area contributed by atoms with Crippen LogP contribution >= 0.6 is 23.2 Å². The van der Waals surface area contributed by atoms with Crippen LogP contribution in [0.1, 0.15) is 15.9 Å². The van der Waals surface area contributed by atoms with Crippen LogP contribution in [0.2, 0.25) is 10.0 Å². The van der Waals surface area contributed by atoms with Gasteiger partial charge in [-0.2, -0.15) is 0 Å². The number of aromatic nitrogens is 1. The zero-order valence-electron chi connectivity index (χ0n) is 11.1. The molecule has 3 aromatic rings. The summed E-state index contributed by atoms with van der Waals surface area (Å²) in [7, 11) is 1.58. The molecule has 0 atom stereocenters. The quantitative estimate of drug-likeness (QED) is 0.710. The van der Waals surface area contributed by atoms with Crippen LogP contribution in [0.4, 0.5) is 0 Å². The number of carbonyl (C=O) groups is 1. The Kier molecular flexibility index (Phi) is 3.62. The Morgan fingerprint density at radius 3 is 2.52 bits per heavy atom. The lowest BCUT2D eigenvalue weighted by Gasteiger charge is -2.05. The minimum absolute atomic E-state index is 0.157. The summed E-state index contributed by atoms with van der Waals surface area (Å²) in [5, 5.41) is 1.61. The van der Waals surface area contributed by atoms with Crippen molar-refractivity contribution < 1.29 is 9.53 Å². The summed E-state index contributed by atoms with van der Waals surface area (Å²) in [5.74, 6) is 0.486. The van der Waals surface area contributed by atoms with E-state index in [9.17, 15) is 4.79 Å². The van der Waals surface area contributed by atoms with Gasteiger partial charge < -0.3 is 9.72 Å². The van der Waals surface area contributed by atoms with Crippen molar-refractivity contribution in [1.82, 2.24) is 4.98 Å². The summed E-state index contributed by atoms with van der Waals surface area (Å²) < 4.78 is 5.34. The number of fused-ring (bicyclic) bond motifs is 1. The van der Waals surface area contributed by atoms with Gasteiger partial charge in [-0.15, -0.1) is 0 Å². The average molecular weight is 320 g/mol. The summed E-state index contributed by atoms with van der Waals surface area (Å²) in [6, 6.07) is 10.4. The molecule has 0 radical (unpaired) electrons. The topological polar surface area (TPSA) is 42.1 Å². The van der Waals surface area contributed by atoms with Crippen LogP contribution < -0.4 is 4.74 Å². The van der Waals surface area contributed by atoms with Crippen LogP contribution in [0, 0.1) is 0 Å². The summed E-state index contributed by atoms with van der Waals surface area (Å²) in [5.41, 5.74) is 1.81. The first-order valence-electron chi connectivity index (χ1n) is 6.25. The van der Waals surface area contributed by atoms with Crippen LogP contribution in [0.5, 0.6) is 5.75 Å². The van der Waals surface area contributed by atoms with E-state index in [2.05, 4.69) is 4.98 Å². The zero-order valence-corrected chi connectivity index (χ0v) is 12.6. The second-order valence-corrected chi connectivity index (χ2v) is 5.45. The molecule has 0 aliphatic heterocycles. The third-order valence-corrected chi connectivity index (χ3v) is 3.69. The largest absolute Gasteiger partial charge is 0.496 e. The molecule has 3 rings (SSSR count). The number of rotatable bonds is 3. The molecule has 1 aromatic heterocycles. The van der Waals surface area contributed by atoms with Gasteiger partial charge in [-0.25, -0.2) is 0 Å². The highest BCUT2D eigenvalue weighted by Crippen LogP contribution is 2.31. The van der Waals surface area contributed by atoms with E-state index in [-0.39, 0.29) is 5.78 Å². The molecule has 0 spiro atoms. The monoisotopic (exact) mass is 319 g/mol. The van der Waals surface area contributed by atoms with Gasteiger partial charge in [0, 0.05) is 27.3 Å². The lowest BCUT2D eigenvalue weighted by Crippen LogP contribution is -2.01. The maximum atomic E-state index is 12.7. The maximum Gasteiger partial charge on any atom is 0.195 e. The maximum absolute atomic E-state index is 12.7. The molecule has 2 aromatic carbocycles. The minimum atomic E-state index is -0.157. The molecule has 0 aliphatic carbocycles. The number of methoxy groups -OCH3 is 1. The van der Waals surface area contributed by atoms with Crippen molar-refractivity contribution in [2.45, 2.75) is 0 Å². The van der Waals surface area contributed by atoms with Crippen LogP contribution in [0.25, 0.3) is 10.9 Å². The fourth-order valence-electron chi connectivity index (χ4n) is 2.34. The third-order valence-electron chi connectivity index (χ3n) is 3.26. The van der Waals surface area contributed by atoms with Crippen LogP contribution in [0.15, 0.2) is 42.6 Å². The SMILES string of the molecule is COc1cccc2[nH]cc(C(=O)c3cc(Cl)cc(Cl)c3)c12. The Morgan fingerprint density at radius 2 is 1.86 bits per heavy atom. The summed E-state index contributed by atoms with van der Waals surface area (Å²) in [6.45, 7) is 0. The van der Waals surface area contributed by atoms with Crippen LogP contribution in [-0.2, 0) is 0 Å². The molecule has 0 aliphatic rings. The molecule has 3 nitrogen and oxygen atoms in total. The Hall–Kier alpha value is -1.97. The number of benzene rings is 2. The van der Waals surface area contributed by atoms with Crippen LogP contribution in [-0.4, -0.2) is 17.9 Å². The van der Waals surface area contributed by atoms with Gasteiger partial charge in [0.25, 0.3) is 0 Å². The standard InChI is InChI=1S/C16H11Cl2NO2/c1-21-14-4-2-3-13-15(14)12(8-19-13)16(20)9-5-10(17)7-11(18)6-9/h2-8,19H,1H3. The van der Waals surface area contributed by atoms with E-state index in [1.54, 1.807) is 31.5 Å². The van der Waals surface area contributed by atoms with E-state index in [0.717, 1.165) is 10.9 Å². The lowest BCUT2D eigenvalue weighted by atomic mass is 10.0. The average Bonchev–Trinajstić information content (AvgIpc) is 2.89. The number of aromatic amines is 1. The van der Waals surface area contributed by atoms with E-state index >= 15 is 0 Å². The highest BCUT2D eigenvalue weighted by atomic mass is 35.5. The summed E-state index contributed by atoms with van der Waals surface area (Å²) >= 11 is 11.9.